The minimum absolute atomic E-state index is 0.353. The van der Waals surface area contributed by atoms with Gasteiger partial charge in [-0.25, -0.2) is 0 Å². The Morgan fingerprint density at radius 2 is 2.30 bits per heavy atom. The Morgan fingerprint density at radius 3 is 2.60 bits per heavy atom. The van der Waals surface area contributed by atoms with E-state index in [9.17, 15) is 4.79 Å². The quantitative estimate of drug-likeness (QED) is 0.532. The van der Waals surface area contributed by atoms with E-state index in [0.29, 0.717) is 17.3 Å². The van der Waals surface area contributed by atoms with Gasteiger partial charge in [0, 0.05) is 11.3 Å². The molecule has 2 atom stereocenters. The first kappa shape index (κ1) is 6.35. The van der Waals surface area contributed by atoms with Gasteiger partial charge in [0.25, 0.3) is 0 Å². The maximum atomic E-state index is 10.3. The van der Waals surface area contributed by atoms with Crippen LogP contribution in [0.1, 0.15) is 13.3 Å². The largest absolute Gasteiger partial charge is 0.380 e. The fourth-order valence-corrected chi connectivity index (χ4v) is 1.80. The van der Waals surface area contributed by atoms with Crippen molar-refractivity contribution >= 4 is 6.29 Å². The number of hydrogen-bond acceptors (Lipinski definition) is 2. The third kappa shape index (κ3) is 0.717. The summed E-state index contributed by atoms with van der Waals surface area (Å²) in [7, 11) is 0. The van der Waals surface area contributed by atoms with Gasteiger partial charge in [-0.05, 0) is 12.3 Å². The van der Waals surface area contributed by atoms with E-state index in [1.54, 1.807) is 0 Å². The summed E-state index contributed by atoms with van der Waals surface area (Å²) in [6.45, 7) is 3.94. The van der Waals surface area contributed by atoms with Gasteiger partial charge < -0.3 is 9.53 Å². The lowest BCUT2D eigenvalue weighted by atomic mass is 9.82. The first-order valence-electron chi connectivity index (χ1n) is 3.79. The van der Waals surface area contributed by atoms with Crippen LogP contribution < -0.4 is 0 Å². The number of aldehydes is 1. The van der Waals surface area contributed by atoms with Gasteiger partial charge in [-0.2, -0.15) is 0 Å². The van der Waals surface area contributed by atoms with E-state index >= 15 is 0 Å². The average molecular weight is 140 g/mol. The van der Waals surface area contributed by atoms with Crippen molar-refractivity contribution in [3.8, 4) is 0 Å². The summed E-state index contributed by atoms with van der Waals surface area (Å²) in [5.41, 5.74) is 0.353. The molecule has 0 bridgehead atoms. The summed E-state index contributed by atoms with van der Waals surface area (Å²) < 4.78 is 5.12. The molecule has 0 aromatic heterocycles. The lowest BCUT2D eigenvalue weighted by molar-refractivity contribution is -0.122. The second kappa shape index (κ2) is 1.82. The third-order valence-corrected chi connectivity index (χ3v) is 2.77. The minimum Gasteiger partial charge on any atom is -0.380 e. The summed E-state index contributed by atoms with van der Waals surface area (Å²) in [5, 5.41) is 0. The number of carbonyl (C=O) groups excluding carboxylic acids is 1. The highest BCUT2D eigenvalue weighted by Gasteiger charge is 2.53. The fourth-order valence-electron chi connectivity index (χ4n) is 1.80. The number of hydrogen-bond donors (Lipinski definition) is 0. The van der Waals surface area contributed by atoms with Crippen molar-refractivity contribution in [3.05, 3.63) is 0 Å². The van der Waals surface area contributed by atoms with E-state index in [1.807, 2.05) is 0 Å². The zero-order chi connectivity index (χ0) is 7.19. The molecule has 2 fully saturated rings. The van der Waals surface area contributed by atoms with Gasteiger partial charge in [0.05, 0.1) is 13.2 Å². The smallest absolute Gasteiger partial charge is 0.123 e. The number of rotatable bonds is 2. The predicted octanol–water partition coefficient (Wildman–Crippen LogP) is 0.858. The fraction of sp³-hybridized carbons (Fsp3) is 0.875. The SMILES string of the molecule is CC1([C@@H]2C[C@@H]2C=O)COC1. The molecule has 0 N–H and O–H groups in total. The summed E-state index contributed by atoms with van der Waals surface area (Å²) in [5.74, 6) is 0.993. The summed E-state index contributed by atoms with van der Waals surface area (Å²) in [6, 6.07) is 0. The Balaban J connectivity index is 1.95. The first-order chi connectivity index (χ1) is 4.76. The average Bonchev–Trinajstić information content (AvgIpc) is 2.61. The second-order valence-corrected chi connectivity index (χ2v) is 3.79. The normalized spacial score (nSPS) is 42.1. The molecule has 1 saturated heterocycles. The molecule has 1 aliphatic carbocycles. The van der Waals surface area contributed by atoms with Crippen LogP contribution in [0.4, 0.5) is 0 Å². The van der Waals surface area contributed by atoms with Gasteiger partial charge in [0.1, 0.15) is 6.29 Å². The van der Waals surface area contributed by atoms with Crippen molar-refractivity contribution in [2.75, 3.05) is 13.2 Å². The van der Waals surface area contributed by atoms with Crippen LogP contribution in [0.15, 0.2) is 0 Å². The lowest BCUT2D eigenvalue weighted by Crippen LogP contribution is -2.42. The Morgan fingerprint density at radius 1 is 1.60 bits per heavy atom. The lowest BCUT2D eigenvalue weighted by Gasteiger charge is -2.38. The van der Waals surface area contributed by atoms with Gasteiger partial charge in [0.15, 0.2) is 0 Å². The molecular formula is C8H12O2. The monoisotopic (exact) mass is 140 g/mol. The third-order valence-electron chi connectivity index (χ3n) is 2.77. The minimum atomic E-state index is 0.353. The molecule has 2 nitrogen and oxygen atoms in total. The van der Waals surface area contributed by atoms with Crippen LogP contribution in [0.3, 0.4) is 0 Å². The van der Waals surface area contributed by atoms with Gasteiger partial charge >= 0.3 is 0 Å². The van der Waals surface area contributed by atoms with Crippen LogP contribution in [-0.2, 0) is 9.53 Å². The highest BCUT2D eigenvalue weighted by molar-refractivity contribution is 5.58. The highest BCUT2D eigenvalue weighted by Crippen LogP contribution is 2.53. The molecule has 10 heavy (non-hydrogen) atoms. The van der Waals surface area contributed by atoms with Crippen molar-refractivity contribution < 1.29 is 9.53 Å². The Kier molecular flexibility index (Phi) is 1.15. The molecule has 1 heterocycles. The zero-order valence-electron chi connectivity index (χ0n) is 6.17. The Hall–Kier alpha value is -0.370. The van der Waals surface area contributed by atoms with Crippen LogP contribution in [0.2, 0.25) is 0 Å². The molecular weight excluding hydrogens is 128 g/mol. The number of ether oxygens (including phenoxy) is 1. The van der Waals surface area contributed by atoms with E-state index in [-0.39, 0.29) is 0 Å². The molecule has 56 valence electrons. The van der Waals surface area contributed by atoms with Crippen LogP contribution in [0, 0.1) is 17.3 Å². The first-order valence-corrected chi connectivity index (χ1v) is 3.79. The molecule has 2 aliphatic rings. The number of carbonyl (C=O) groups is 1. The van der Waals surface area contributed by atoms with Crippen LogP contribution in [0.5, 0.6) is 0 Å². The molecule has 0 amide bonds. The van der Waals surface area contributed by atoms with Crippen molar-refractivity contribution in [1.82, 2.24) is 0 Å². The molecule has 2 rings (SSSR count). The molecule has 0 radical (unpaired) electrons. The summed E-state index contributed by atoms with van der Waals surface area (Å²) >= 11 is 0. The molecule has 0 unspecified atom stereocenters. The standard InChI is InChI=1S/C8H12O2/c1-8(4-10-5-8)7-2-6(7)3-9/h3,6-7H,2,4-5H2,1H3/t6-,7-/m1/s1. The van der Waals surface area contributed by atoms with Crippen molar-refractivity contribution in [3.63, 3.8) is 0 Å². The van der Waals surface area contributed by atoms with E-state index < -0.39 is 0 Å². The van der Waals surface area contributed by atoms with Gasteiger partial charge in [-0.15, -0.1) is 0 Å². The van der Waals surface area contributed by atoms with Crippen LogP contribution in [-0.4, -0.2) is 19.5 Å². The summed E-state index contributed by atoms with van der Waals surface area (Å²) in [6.07, 6.45) is 2.19. The van der Waals surface area contributed by atoms with Gasteiger partial charge in [-0.1, -0.05) is 6.92 Å². The van der Waals surface area contributed by atoms with E-state index in [0.717, 1.165) is 25.9 Å². The summed E-state index contributed by atoms with van der Waals surface area (Å²) in [4.78, 5) is 10.3. The second-order valence-electron chi connectivity index (χ2n) is 3.79. The molecule has 2 heteroatoms. The van der Waals surface area contributed by atoms with Crippen LogP contribution >= 0.6 is 0 Å². The van der Waals surface area contributed by atoms with Crippen molar-refractivity contribution in [2.45, 2.75) is 13.3 Å². The Labute approximate surface area is 60.6 Å². The molecule has 1 aliphatic heterocycles. The maximum Gasteiger partial charge on any atom is 0.123 e. The van der Waals surface area contributed by atoms with E-state index in [4.69, 9.17) is 4.74 Å². The Bertz CT molecular complexity index is 161. The maximum absolute atomic E-state index is 10.3. The zero-order valence-corrected chi connectivity index (χ0v) is 6.17. The molecule has 0 spiro atoms. The van der Waals surface area contributed by atoms with Crippen molar-refractivity contribution in [2.24, 2.45) is 17.3 Å². The van der Waals surface area contributed by atoms with Crippen molar-refractivity contribution in [1.29, 1.82) is 0 Å². The van der Waals surface area contributed by atoms with E-state index in [2.05, 4.69) is 6.92 Å². The predicted molar refractivity (Wildman–Crippen MR) is 36.6 cm³/mol. The highest BCUT2D eigenvalue weighted by atomic mass is 16.5. The van der Waals surface area contributed by atoms with Gasteiger partial charge in [-0.3, -0.25) is 0 Å². The van der Waals surface area contributed by atoms with Gasteiger partial charge in [0.2, 0.25) is 0 Å². The van der Waals surface area contributed by atoms with E-state index in [1.165, 1.54) is 0 Å². The molecule has 0 aromatic rings. The molecule has 1 saturated carbocycles. The topological polar surface area (TPSA) is 26.3 Å². The van der Waals surface area contributed by atoms with Crippen LogP contribution in [0.25, 0.3) is 0 Å². The molecule has 0 aromatic carbocycles.